The second kappa shape index (κ2) is 9.24. The quantitative estimate of drug-likeness (QED) is 0.470. The number of nitrogens with zero attached hydrogens (tertiary/aromatic N) is 1. The normalized spacial score (nSPS) is 27.4. The third-order valence-electron chi connectivity index (χ3n) is 7.27. The number of amides is 3. The Labute approximate surface area is 216 Å². The van der Waals surface area contributed by atoms with Gasteiger partial charge >= 0.3 is 0 Å². The summed E-state index contributed by atoms with van der Waals surface area (Å²) in [6.45, 7) is 0.518. The van der Waals surface area contributed by atoms with Gasteiger partial charge in [-0.25, -0.2) is 4.39 Å². The number of rotatable bonds is 7. The Morgan fingerprint density at radius 3 is 2.57 bits per heavy atom. The number of benzene rings is 2. The van der Waals surface area contributed by atoms with Crippen molar-refractivity contribution >= 4 is 34.7 Å². The van der Waals surface area contributed by atoms with Gasteiger partial charge in [-0.3, -0.25) is 14.4 Å². The summed E-state index contributed by atoms with van der Waals surface area (Å²) in [4.78, 5) is 43.4. The van der Waals surface area contributed by atoms with E-state index in [1.165, 1.54) is 34.4 Å². The number of thiophene rings is 1. The standard InChI is InChI=1S/C28H24FN3O4S/c29-19-10-4-5-11-20(19)31-25(33)22-21-12-13-28(36-21)23(22)27(35)32(16-18-9-6-14-37-18)24(28)26(34)30-15-17-7-2-1-3-8-17/h1-14,21-24H,15-16H2,(H,30,34)(H,31,33)/t21-,22+,23-,24-,28-/m1/s1. The average Bonchev–Trinajstić information content (AvgIpc) is 3.68. The summed E-state index contributed by atoms with van der Waals surface area (Å²) in [6, 6.07) is 18.2. The van der Waals surface area contributed by atoms with Crippen molar-refractivity contribution < 1.29 is 23.5 Å². The number of nitrogens with one attached hydrogen (secondary N) is 2. The zero-order valence-electron chi connectivity index (χ0n) is 19.7. The van der Waals surface area contributed by atoms with Crippen molar-refractivity contribution in [3.8, 4) is 0 Å². The summed E-state index contributed by atoms with van der Waals surface area (Å²) in [7, 11) is 0. The Morgan fingerprint density at radius 2 is 1.81 bits per heavy atom. The van der Waals surface area contributed by atoms with Crippen LogP contribution in [0.25, 0.3) is 0 Å². The zero-order chi connectivity index (χ0) is 25.6. The van der Waals surface area contributed by atoms with Crippen LogP contribution in [0.5, 0.6) is 0 Å². The Hall–Kier alpha value is -3.82. The molecule has 0 unspecified atom stereocenters. The van der Waals surface area contributed by atoms with Crippen LogP contribution in [0, 0.1) is 17.7 Å². The minimum atomic E-state index is -1.28. The third kappa shape index (κ3) is 3.95. The summed E-state index contributed by atoms with van der Waals surface area (Å²) in [5.41, 5.74) is -0.323. The highest BCUT2D eigenvalue weighted by Crippen LogP contribution is 2.55. The number of halogens is 1. The number of likely N-dealkylation sites (tertiary alicyclic amines) is 1. The van der Waals surface area contributed by atoms with Crippen molar-refractivity contribution in [3.05, 3.63) is 101 Å². The Morgan fingerprint density at radius 1 is 1.03 bits per heavy atom. The minimum Gasteiger partial charge on any atom is -0.359 e. The van der Waals surface area contributed by atoms with Gasteiger partial charge in [0.15, 0.2) is 0 Å². The number of fused-ring (bicyclic) bond motifs is 1. The number of para-hydroxylation sites is 1. The van der Waals surface area contributed by atoms with Crippen molar-refractivity contribution in [2.45, 2.75) is 30.8 Å². The highest BCUT2D eigenvalue weighted by Gasteiger charge is 2.72. The van der Waals surface area contributed by atoms with E-state index in [1.54, 1.807) is 18.2 Å². The zero-order valence-corrected chi connectivity index (χ0v) is 20.5. The Balaban J connectivity index is 1.32. The predicted molar refractivity (Wildman–Crippen MR) is 136 cm³/mol. The SMILES string of the molecule is O=C(Nc1ccccc1F)[C@H]1[C@H]2C=C[C@@]3(O2)[C@H]1C(=O)N(Cc1cccs1)[C@@H]3C(=O)NCc1ccccc1. The maximum absolute atomic E-state index is 14.2. The van der Waals surface area contributed by atoms with Gasteiger partial charge in [0, 0.05) is 11.4 Å². The first-order valence-electron chi connectivity index (χ1n) is 12.0. The molecule has 1 spiro atoms. The van der Waals surface area contributed by atoms with Gasteiger partial charge in [-0.05, 0) is 29.1 Å². The predicted octanol–water partition coefficient (Wildman–Crippen LogP) is 3.49. The van der Waals surface area contributed by atoms with Crippen molar-refractivity contribution in [3.63, 3.8) is 0 Å². The molecule has 1 aromatic heterocycles. The van der Waals surface area contributed by atoms with Crippen LogP contribution in [0.1, 0.15) is 10.4 Å². The van der Waals surface area contributed by atoms with Gasteiger partial charge in [0.25, 0.3) is 0 Å². The molecule has 5 atom stereocenters. The van der Waals surface area contributed by atoms with Crippen LogP contribution in [0.2, 0.25) is 0 Å². The molecule has 3 aliphatic rings. The van der Waals surface area contributed by atoms with Crippen LogP contribution in [0.4, 0.5) is 10.1 Å². The van der Waals surface area contributed by atoms with E-state index in [0.717, 1.165) is 10.4 Å². The van der Waals surface area contributed by atoms with E-state index < -0.39 is 41.3 Å². The topological polar surface area (TPSA) is 87.7 Å². The lowest BCUT2D eigenvalue weighted by Gasteiger charge is -2.32. The van der Waals surface area contributed by atoms with Crippen molar-refractivity contribution in [1.29, 1.82) is 0 Å². The maximum Gasteiger partial charge on any atom is 0.246 e. The number of hydrogen-bond acceptors (Lipinski definition) is 5. The van der Waals surface area contributed by atoms with E-state index in [0.29, 0.717) is 6.54 Å². The molecule has 2 saturated heterocycles. The molecular weight excluding hydrogens is 493 g/mol. The first-order valence-corrected chi connectivity index (χ1v) is 12.9. The van der Waals surface area contributed by atoms with Gasteiger partial charge in [0.1, 0.15) is 17.5 Å². The number of anilines is 1. The molecule has 3 aromatic rings. The smallest absolute Gasteiger partial charge is 0.246 e. The largest absolute Gasteiger partial charge is 0.359 e. The first-order chi connectivity index (χ1) is 18.0. The molecule has 188 valence electrons. The molecule has 4 heterocycles. The fourth-order valence-electron chi connectivity index (χ4n) is 5.67. The number of carbonyl (C=O) groups excluding carboxylic acids is 3. The first kappa shape index (κ1) is 23.6. The van der Waals surface area contributed by atoms with E-state index in [2.05, 4.69) is 10.6 Å². The van der Waals surface area contributed by atoms with E-state index >= 15 is 0 Å². The molecule has 2 bridgehead atoms. The van der Waals surface area contributed by atoms with Gasteiger partial charge in [-0.15, -0.1) is 11.3 Å². The van der Waals surface area contributed by atoms with Crippen LogP contribution in [-0.4, -0.2) is 40.4 Å². The molecule has 7 nitrogen and oxygen atoms in total. The van der Waals surface area contributed by atoms with E-state index in [1.807, 2.05) is 47.8 Å². The second-order valence-electron chi connectivity index (χ2n) is 9.42. The minimum absolute atomic E-state index is 0.0337. The molecule has 6 rings (SSSR count). The fraction of sp³-hybridized carbons (Fsp3) is 0.250. The molecule has 0 aliphatic carbocycles. The van der Waals surface area contributed by atoms with E-state index in [-0.39, 0.29) is 24.0 Å². The van der Waals surface area contributed by atoms with Crippen LogP contribution in [0.3, 0.4) is 0 Å². The van der Waals surface area contributed by atoms with Crippen LogP contribution in [0.15, 0.2) is 84.3 Å². The second-order valence-corrected chi connectivity index (χ2v) is 10.5. The molecular formula is C28H24FN3O4S. The summed E-state index contributed by atoms with van der Waals surface area (Å²) in [5, 5.41) is 7.49. The number of ether oxygens (including phenoxy) is 1. The van der Waals surface area contributed by atoms with Gasteiger partial charge in [-0.2, -0.15) is 0 Å². The molecule has 9 heteroatoms. The van der Waals surface area contributed by atoms with E-state index in [4.69, 9.17) is 4.74 Å². The van der Waals surface area contributed by atoms with Crippen LogP contribution < -0.4 is 10.6 Å². The third-order valence-corrected chi connectivity index (χ3v) is 8.13. The van der Waals surface area contributed by atoms with Crippen molar-refractivity contribution in [2.75, 3.05) is 5.32 Å². The molecule has 37 heavy (non-hydrogen) atoms. The Kier molecular flexibility index (Phi) is 5.89. The highest BCUT2D eigenvalue weighted by atomic mass is 32.1. The van der Waals surface area contributed by atoms with Gasteiger partial charge in [-0.1, -0.05) is 60.7 Å². The average molecular weight is 518 g/mol. The number of hydrogen-bond donors (Lipinski definition) is 2. The summed E-state index contributed by atoms with van der Waals surface area (Å²) < 4.78 is 20.6. The van der Waals surface area contributed by atoms with Crippen LogP contribution in [-0.2, 0) is 32.2 Å². The molecule has 2 fully saturated rings. The molecule has 3 amide bonds. The summed E-state index contributed by atoms with van der Waals surface area (Å²) in [5.74, 6) is -3.55. The van der Waals surface area contributed by atoms with Gasteiger partial charge in [0.2, 0.25) is 17.7 Å². The fourth-order valence-corrected chi connectivity index (χ4v) is 6.37. The van der Waals surface area contributed by atoms with Gasteiger partial charge in [0.05, 0.1) is 30.2 Å². The Bertz CT molecular complexity index is 1380. The number of carbonyl (C=O) groups is 3. The van der Waals surface area contributed by atoms with E-state index in [9.17, 15) is 18.8 Å². The maximum atomic E-state index is 14.2. The summed E-state index contributed by atoms with van der Waals surface area (Å²) >= 11 is 1.49. The van der Waals surface area contributed by atoms with Gasteiger partial charge < -0.3 is 20.3 Å². The lowest BCUT2D eigenvalue weighted by Crippen LogP contribution is -2.54. The lowest BCUT2D eigenvalue weighted by molar-refractivity contribution is -0.141. The molecule has 3 aliphatic heterocycles. The van der Waals surface area contributed by atoms with Crippen molar-refractivity contribution in [2.24, 2.45) is 11.8 Å². The highest BCUT2D eigenvalue weighted by molar-refractivity contribution is 7.09. The lowest BCUT2D eigenvalue weighted by atomic mass is 9.74. The van der Waals surface area contributed by atoms with Crippen molar-refractivity contribution in [1.82, 2.24) is 10.2 Å². The molecule has 2 N–H and O–H groups in total. The van der Waals surface area contributed by atoms with Crippen LogP contribution >= 0.6 is 11.3 Å². The monoisotopic (exact) mass is 517 g/mol. The molecule has 0 radical (unpaired) electrons. The summed E-state index contributed by atoms with van der Waals surface area (Å²) in [6.07, 6.45) is 2.81. The molecule has 0 saturated carbocycles. The molecule has 2 aromatic carbocycles.